The Labute approximate surface area is 176 Å². The second kappa shape index (κ2) is 9.31. The van der Waals surface area contributed by atoms with E-state index in [0.717, 1.165) is 0 Å². The summed E-state index contributed by atoms with van der Waals surface area (Å²) in [6.07, 6.45) is 0. The van der Waals surface area contributed by atoms with E-state index in [1.165, 1.54) is 61.7 Å². The van der Waals surface area contributed by atoms with Crippen LogP contribution in [0.4, 0.5) is 17.1 Å². The van der Waals surface area contributed by atoms with E-state index >= 15 is 0 Å². The fourth-order valence-electron chi connectivity index (χ4n) is 2.71. The quantitative estimate of drug-likeness (QED) is 0.354. The van der Waals surface area contributed by atoms with Crippen LogP contribution in [-0.2, 0) is 4.74 Å². The minimum Gasteiger partial charge on any atom is -0.465 e. The molecular formula is C22H17N3O6. The first kappa shape index (κ1) is 21.2. The summed E-state index contributed by atoms with van der Waals surface area (Å²) in [5.41, 5.74) is 1.44. The molecule has 3 aromatic rings. The van der Waals surface area contributed by atoms with Gasteiger partial charge in [0.15, 0.2) is 0 Å². The number of amides is 2. The maximum Gasteiger partial charge on any atom is 0.337 e. The van der Waals surface area contributed by atoms with E-state index in [-0.39, 0.29) is 11.3 Å². The summed E-state index contributed by atoms with van der Waals surface area (Å²) in [4.78, 5) is 46.6. The second-order valence-corrected chi connectivity index (χ2v) is 6.37. The van der Waals surface area contributed by atoms with Crippen molar-refractivity contribution in [3.8, 4) is 0 Å². The number of nitro benzene ring substituents is 1. The molecule has 2 N–H and O–H groups in total. The van der Waals surface area contributed by atoms with Crippen molar-refractivity contribution in [1.29, 1.82) is 0 Å². The minimum absolute atomic E-state index is 0.140. The Morgan fingerprint density at radius 2 is 1.39 bits per heavy atom. The number of ether oxygens (including phenoxy) is 1. The molecular weight excluding hydrogens is 402 g/mol. The van der Waals surface area contributed by atoms with E-state index < -0.39 is 22.7 Å². The molecule has 0 aliphatic carbocycles. The second-order valence-electron chi connectivity index (χ2n) is 6.37. The number of rotatable bonds is 6. The first-order valence-electron chi connectivity index (χ1n) is 9.03. The number of anilines is 2. The normalized spacial score (nSPS) is 10.1. The number of methoxy groups -OCH3 is 1. The molecule has 0 saturated heterocycles. The number of hydrogen-bond acceptors (Lipinski definition) is 6. The van der Waals surface area contributed by atoms with Gasteiger partial charge in [-0.3, -0.25) is 19.7 Å². The lowest BCUT2D eigenvalue weighted by atomic mass is 10.1. The number of carbonyl (C=O) groups excluding carboxylic acids is 3. The topological polar surface area (TPSA) is 128 Å². The Bertz CT molecular complexity index is 1160. The molecule has 0 aliphatic heterocycles. The lowest BCUT2D eigenvalue weighted by Gasteiger charge is -2.08. The molecule has 0 fully saturated rings. The Hall–Kier alpha value is -4.53. The smallest absolute Gasteiger partial charge is 0.337 e. The summed E-state index contributed by atoms with van der Waals surface area (Å²) in [6.45, 7) is 0. The Balaban J connectivity index is 1.66. The van der Waals surface area contributed by atoms with Crippen LogP contribution in [0.25, 0.3) is 0 Å². The molecule has 0 bridgehead atoms. The van der Waals surface area contributed by atoms with Gasteiger partial charge in [-0.15, -0.1) is 0 Å². The van der Waals surface area contributed by atoms with Crippen molar-refractivity contribution in [2.45, 2.75) is 0 Å². The van der Waals surface area contributed by atoms with Crippen LogP contribution in [-0.4, -0.2) is 29.8 Å². The molecule has 0 heterocycles. The lowest BCUT2D eigenvalue weighted by molar-refractivity contribution is -0.384. The summed E-state index contributed by atoms with van der Waals surface area (Å²) in [6, 6.07) is 17.8. The third kappa shape index (κ3) is 5.30. The van der Waals surface area contributed by atoms with Crippen LogP contribution in [0.5, 0.6) is 0 Å². The molecule has 3 aromatic carbocycles. The van der Waals surface area contributed by atoms with Gasteiger partial charge in [0, 0.05) is 34.6 Å². The molecule has 0 saturated carbocycles. The van der Waals surface area contributed by atoms with E-state index in [4.69, 9.17) is 0 Å². The predicted molar refractivity (Wildman–Crippen MR) is 113 cm³/mol. The van der Waals surface area contributed by atoms with Gasteiger partial charge in [0.2, 0.25) is 0 Å². The van der Waals surface area contributed by atoms with E-state index in [2.05, 4.69) is 15.4 Å². The number of hydrogen-bond donors (Lipinski definition) is 2. The third-order valence-corrected chi connectivity index (χ3v) is 4.27. The van der Waals surface area contributed by atoms with Gasteiger partial charge in [-0.1, -0.05) is 12.1 Å². The Morgan fingerprint density at radius 1 is 0.774 bits per heavy atom. The van der Waals surface area contributed by atoms with Gasteiger partial charge in [-0.05, 0) is 48.5 Å². The van der Waals surface area contributed by atoms with Crippen molar-refractivity contribution in [3.05, 3.63) is 99.6 Å². The number of nitrogens with one attached hydrogen (secondary N) is 2. The maximum atomic E-state index is 12.4. The maximum absolute atomic E-state index is 12.4. The van der Waals surface area contributed by atoms with Gasteiger partial charge in [-0.25, -0.2) is 4.79 Å². The van der Waals surface area contributed by atoms with E-state index in [1.807, 2.05) is 0 Å². The molecule has 0 aliphatic rings. The molecule has 9 heteroatoms. The van der Waals surface area contributed by atoms with E-state index in [0.29, 0.717) is 22.5 Å². The van der Waals surface area contributed by atoms with Crippen LogP contribution in [0, 0.1) is 10.1 Å². The third-order valence-electron chi connectivity index (χ3n) is 4.27. The number of non-ortho nitro benzene ring substituents is 1. The van der Waals surface area contributed by atoms with Gasteiger partial charge in [0.05, 0.1) is 17.6 Å². The largest absolute Gasteiger partial charge is 0.465 e. The van der Waals surface area contributed by atoms with Crippen molar-refractivity contribution in [2.24, 2.45) is 0 Å². The van der Waals surface area contributed by atoms with Crippen molar-refractivity contribution < 1.29 is 24.0 Å². The molecule has 0 unspecified atom stereocenters. The number of esters is 1. The van der Waals surface area contributed by atoms with Gasteiger partial charge in [-0.2, -0.15) is 0 Å². The average Bonchev–Trinajstić information content (AvgIpc) is 2.79. The summed E-state index contributed by atoms with van der Waals surface area (Å²) in [7, 11) is 1.27. The molecule has 9 nitrogen and oxygen atoms in total. The van der Waals surface area contributed by atoms with Gasteiger partial charge in [0.1, 0.15) is 0 Å². The zero-order chi connectivity index (χ0) is 22.4. The van der Waals surface area contributed by atoms with Crippen LogP contribution in [0.3, 0.4) is 0 Å². The summed E-state index contributed by atoms with van der Waals surface area (Å²) in [5.74, 6) is -1.43. The van der Waals surface area contributed by atoms with Gasteiger partial charge < -0.3 is 15.4 Å². The fraction of sp³-hybridized carbons (Fsp3) is 0.0455. The van der Waals surface area contributed by atoms with Crippen molar-refractivity contribution >= 4 is 34.8 Å². The zero-order valence-electron chi connectivity index (χ0n) is 16.3. The van der Waals surface area contributed by atoms with Crippen molar-refractivity contribution in [1.82, 2.24) is 0 Å². The first-order valence-corrected chi connectivity index (χ1v) is 9.03. The first-order chi connectivity index (χ1) is 14.9. The highest BCUT2D eigenvalue weighted by atomic mass is 16.6. The van der Waals surface area contributed by atoms with Crippen LogP contribution in [0.2, 0.25) is 0 Å². The molecule has 0 atom stereocenters. The van der Waals surface area contributed by atoms with Crippen LogP contribution >= 0.6 is 0 Å². The fourth-order valence-corrected chi connectivity index (χ4v) is 2.71. The predicted octanol–water partition coefficient (Wildman–Crippen LogP) is 3.89. The number of carbonyl (C=O) groups is 3. The summed E-state index contributed by atoms with van der Waals surface area (Å²) < 4.78 is 4.66. The molecule has 2 amide bonds. The Morgan fingerprint density at radius 3 is 2.06 bits per heavy atom. The highest BCUT2D eigenvalue weighted by Gasteiger charge is 2.13. The monoisotopic (exact) mass is 419 g/mol. The number of nitro groups is 1. The van der Waals surface area contributed by atoms with Crippen LogP contribution in [0.1, 0.15) is 31.1 Å². The number of nitrogens with zero attached hydrogens (tertiary/aromatic N) is 1. The van der Waals surface area contributed by atoms with Gasteiger partial charge >= 0.3 is 5.97 Å². The molecule has 0 spiro atoms. The minimum atomic E-state index is -0.578. The standard InChI is InChI=1S/C22H17N3O6/c1-31-22(28)16-5-2-6-18(12-16)24-20(26)14-8-10-17(11-9-14)23-21(27)15-4-3-7-19(13-15)25(29)30/h2-13H,1H3,(H,23,27)(H,24,26). The van der Waals surface area contributed by atoms with Gasteiger partial charge in [0.25, 0.3) is 17.5 Å². The highest BCUT2D eigenvalue weighted by molar-refractivity contribution is 6.06. The lowest BCUT2D eigenvalue weighted by Crippen LogP contribution is -2.14. The zero-order valence-corrected chi connectivity index (χ0v) is 16.3. The molecule has 0 radical (unpaired) electrons. The van der Waals surface area contributed by atoms with E-state index in [1.54, 1.807) is 18.2 Å². The van der Waals surface area contributed by atoms with Crippen LogP contribution < -0.4 is 10.6 Å². The summed E-state index contributed by atoms with van der Waals surface area (Å²) in [5, 5.41) is 16.2. The average molecular weight is 419 g/mol. The van der Waals surface area contributed by atoms with E-state index in [9.17, 15) is 24.5 Å². The molecule has 156 valence electrons. The number of benzene rings is 3. The SMILES string of the molecule is COC(=O)c1cccc(NC(=O)c2ccc(NC(=O)c3cccc([N+](=O)[O-])c3)cc2)c1. The summed E-state index contributed by atoms with van der Waals surface area (Å²) >= 11 is 0. The van der Waals surface area contributed by atoms with Crippen molar-refractivity contribution in [3.63, 3.8) is 0 Å². The molecule has 3 rings (SSSR count). The van der Waals surface area contributed by atoms with Crippen LogP contribution in [0.15, 0.2) is 72.8 Å². The molecule has 0 aromatic heterocycles. The highest BCUT2D eigenvalue weighted by Crippen LogP contribution is 2.17. The Kier molecular flexibility index (Phi) is 6.36. The van der Waals surface area contributed by atoms with Crippen molar-refractivity contribution in [2.75, 3.05) is 17.7 Å². The molecule has 31 heavy (non-hydrogen) atoms.